The Kier molecular flexibility index (Phi) is 2.66. The lowest BCUT2D eigenvalue weighted by Gasteiger charge is -2.08. The van der Waals surface area contributed by atoms with Gasteiger partial charge in [0.2, 0.25) is 5.71 Å². The van der Waals surface area contributed by atoms with E-state index in [9.17, 15) is 0 Å². The van der Waals surface area contributed by atoms with Crippen LogP contribution in [0.1, 0.15) is 0 Å². The zero-order valence-corrected chi connectivity index (χ0v) is 14.3. The highest BCUT2D eigenvalue weighted by Crippen LogP contribution is 2.37. The Morgan fingerprint density at radius 2 is 1.46 bits per heavy atom. The lowest BCUT2D eigenvalue weighted by Crippen LogP contribution is -1.83. The van der Waals surface area contributed by atoms with Crippen LogP contribution in [0.25, 0.3) is 54.5 Å². The molecule has 122 valence electrons. The predicted octanol–water partition coefficient (Wildman–Crippen LogP) is 6.49. The maximum Gasteiger partial charge on any atom is 0.246 e. The van der Waals surface area contributed by atoms with Gasteiger partial charge in [0.1, 0.15) is 16.3 Å². The van der Waals surface area contributed by atoms with E-state index in [-0.39, 0.29) is 0 Å². The van der Waals surface area contributed by atoms with Gasteiger partial charge in [0.15, 0.2) is 0 Å². The summed E-state index contributed by atoms with van der Waals surface area (Å²) in [5.74, 6) is 0. The summed E-state index contributed by atoms with van der Waals surface area (Å²) in [6.45, 7) is 0. The Balaban J connectivity index is 1.86. The van der Waals surface area contributed by atoms with Gasteiger partial charge in [-0.1, -0.05) is 66.2 Å². The lowest BCUT2D eigenvalue weighted by molar-refractivity contribution is 0.653. The topological polar surface area (TPSA) is 38.9 Å². The van der Waals surface area contributed by atoms with Gasteiger partial charge in [-0.2, -0.15) is 0 Å². The van der Waals surface area contributed by atoms with E-state index in [2.05, 4.69) is 64.6 Å². The Morgan fingerprint density at radius 1 is 0.731 bits per heavy atom. The van der Waals surface area contributed by atoms with Crippen LogP contribution in [0.4, 0.5) is 0 Å². The molecular weight excluding hydrogens is 344 g/mol. The van der Waals surface area contributed by atoms with Crippen LogP contribution >= 0.6 is 11.6 Å². The summed E-state index contributed by atoms with van der Waals surface area (Å²) < 4.78 is 5.87. The first-order chi connectivity index (χ1) is 12.8. The van der Waals surface area contributed by atoms with Crippen molar-refractivity contribution in [2.45, 2.75) is 0 Å². The fourth-order valence-corrected chi connectivity index (χ4v) is 4.05. The van der Waals surface area contributed by atoms with E-state index in [1.807, 2.05) is 6.07 Å². The molecule has 4 aromatic carbocycles. The van der Waals surface area contributed by atoms with E-state index in [1.54, 1.807) is 0 Å². The van der Waals surface area contributed by atoms with Crippen LogP contribution in [0, 0.1) is 0 Å². The maximum absolute atomic E-state index is 6.07. The molecule has 0 saturated heterocycles. The average molecular weight is 355 g/mol. The summed E-state index contributed by atoms with van der Waals surface area (Å²) in [7, 11) is 0. The van der Waals surface area contributed by atoms with Gasteiger partial charge < -0.3 is 4.42 Å². The standard InChI is InChI=1S/C22H11ClN2O/c23-19-11-24-22-21(25-19)20-17-8-7-14-13-4-2-1-3-12(13)5-6-15(14)16(17)9-10-18(20)26-22/h1-11H. The largest absolute Gasteiger partial charge is 0.436 e. The quantitative estimate of drug-likeness (QED) is 0.293. The number of aromatic nitrogens is 2. The minimum Gasteiger partial charge on any atom is -0.436 e. The van der Waals surface area contributed by atoms with E-state index < -0.39 is 0 Å². The monoisotopic (exact) mass is 354 g/mol. The first-order valence-corrected chi connectivity index (χ1v) is 8.75. The van der Waals surface area contributed by atoms with Crippen molar-refractivity contribution in [1.29, 1.82) is 0 Å². The molecule has 0 spiro atoms. The van der Waals surface area contributed by atoms with Gasteiger partial charge >= 0.3 is 0 Å². The Bertz CT molecular complexity index is 1500. The van der Waals surface area contributed by atoms with Gasteiger partial charge in [-0.05, 0) is 38.4 Å². The fraction of sp³-hybridized carbons (Fsp3) is 0. The molecule has 0 aliphatic carbocycles. The molecule has 0 aliphatic rings. The van der Waals surface area contributed by atoms with E-state index >= 15 is 0 Å². The molecular formula is C22H11ClN2O. The van der Waals surface area contributed by atoms with Gasteiger partial charge in [0, 0.05) is 0 Å². The summed E-state index contributed by atoms with van der Waals surface area (Å²) in [5.41, 5.74) is 1.99. The zero-order valence-electron chi connectivity index (χ0n) is 13.5. The van der Waals surface area contributed by atoms with Crippen LogP contribution < -0.4 is 0 Å². The third-order valence-corrected chi connectivity index (χ3v) is 5.22. The van der Waals surface area contributed by atoms with Crippen molar-refractivity contribution in [3.63, 3.8) is 0 Å². The molecule has 0 radical (unpaired) electrons. The zero-order chi connectivity index (χ0) is 17.3. The number of nitrogens with zero attached hydrogens (tertiary/aromatic N) is 2. The molecule has 0 N–H and O–H groups in total. The minimum absolute atomic E-state index is 0.365. The van der Waals surface area contributed by atoms with Crippen molar-refractivity contribution in [2.75, 3.05) is 0 Å². The lowest BCUT2D eigenvalue weighted by atomic mass is 9.96. The molecule has 0 atom stereocenters. The van der Waals surface area contributed by atoms with Crippen LogP contribution in [0.3, 0.4) is 0 Å². The summed E-state index contributed by atoms with van der Waals surface area (Å²) in [4.78, 5) is 8.72. The van der Waals surface area contributed by atoms with E-state index in [0.29, 0.717) is 16.4 Å². The molecule has 26 heavy (non-hydrogen) atoms. The second-order valence-corrected chi connectivity index (χ2v) is 6.82. The third kappa shape index (κ3) is 1.78. The highest BCUT2D eigenvalue weighted by Gasteiger charge is 2.15. The second-order valence-electron chi connectivity index (χ2n) is 6.43. The predicted molar refractivity (Wildman–Crippen MR) is 107 cm³/mol. The molecule has 0 amide bonds. The molecule has 0 unspecified atom stereocenters. The molecule has 0 aliphatic heterocycles. The molecule has 6 rings (SSSR count). The number of benzene rings is 4. The fourth-order valence-electron chi connectivity index (χ4n) is 3.91. The number of fused-ring (bicyclic) bond motifs is 9. The van der Waals surface area contributed by atoms with Crippen LogP contribution in [0.15, 0.2) is 71.3 Å². The van der Waals surface area contributed by atoms with E-state index in [1.165, 1.54) is 33.1 Å². The molecule has 0 bridgehead atoms. The summed E-state index contributed by atoms with van der Waals surface area (Å²) in [6, 6.07) is 21.2. The average Bonchev–Trinajstić information content (AvgIpc) is 3.05. The molecule has 2 aromatic heterocycles. The number of furan rings is 1. The van der Waals surface area contributed by atoms with Crippen LogP contribution in [0.5, 0.6) is 0 Å². The first-order valence-electron chi connectivity index (χ1n) is 8.37. The van der Waals surface area contributed by atoms with Crippen molar-refractivity contribution in [1.82, 2.24) is 9.97 Å². The SMILES string of the molecule is Clc1cnc2oc3ccc4c5ccc6ccccc6c5ccc4c3c2n1. The molecule has 0 fully saturated rings. The summed E-state index contributed by atoms with van der Waals surface area (Å²) in [5, 5.41) is 8.55. The smallest absolute Gasteiger partial charge is 0.246 e. The highest BCUT2D eigenvalue weighted by molar-refractivity contribution is 6.30. The van der Waals surface area contributed by atoms with Gasteiger partial charge in [0.25, 0.3) is 0 Å². The first kappa shape index (κ1) is 14.0. The molecule has 3 nitrogen and oxygen atoms in total. The van der Waals surface area contributed by atoms with Crippen molar-refractivity contribution >= 4 is 66.1 Å². The van der Waals surface area contributed by atoms with Crippen molar-refractivity contribution in [3.05, 3.63) is 72.0 Å². The Hall–Kier alpha value is -3.17. The highest BCUT2D eigenvalue weighted by atomic mass is 35.5. The van der Waals surface area contributed by atoms with Crippen molar-refractivity contribution in [3.8, 4) is 0 Å². The number of hydrogen-bond acceptors (Lipinski definition) is 3. The normalized spacial score (nSPS) is 12.0. The second kappa shape index (κ2) is 4.93. The number of rotatable bonds is 0. The van der Waals surface area contributed by atoms with Gasteiger partial charge in [-0.25, -0.2) is 9.97 Å². The number of hydrogen-bond donors (Lipinski definition) is 0. The Morgan fingerprint density at radius 3 is 2.42 bits per heavy atom. The van der Waals surface area contributed by atoms with Gasteiger partial charge in [-0.3, -0.25) is 0 Å². The Labute approximate surface area is 152 Å². The summed E-state index contributed by atoms with van der Waals surface area (Å²) >= 11 is 6.07. The van der Waals surface area contributed by atoms with E-state index in [0.717, 1.165) is 16.4 Å². The molecule has 4 heteroatoms. The van der Waals surface area contributed by atoms with Crippen molar-refractivity contribution < 1.29 is 4.42 Å². The van der Waals surface area contributed by atoms with Crippen molar-refractivity contribution in [2.24, 2.45) is 0 Å². The van der Waals surface area contributed by atoms with Gasteiger partial charge in [0.05, 0.1) is 11.6 Å². The molecule has 2 heterocycles. The maximum atomic E-state index is 6.07. The van der Waals surface area contributed by atoms with E-state index in [4.69, 9.17) is 16.0 Å². The summed E-state index contributed by atoms with van der Waals surface area (Å²) in [6.07, 6.45) is 1.51. The van der Waals surface area contributed by atoms with Crippen LogP contribution in [-0.4, -0.2) is 9.97 Å². The third-order valence-electron chi connectivity index (χ3n) is 5.04. The van der Waals surface area contributed by atoms with Crippen LogP contribution in [-0.2, 0) is 0 Å². The van der Waals surface area contributed by atoms with Gasteiger partial charge in [-0.15, -0.1) is 0 Å². The molecule has 0 saturated carbocycles. The molecule has 6 aromatic rings. The number of halogens is 1. The minimum atomic E-state index is 0.365. The van der Waals surface area contributed by atoms with Crippen LogP contribution in [0.2, 0.25) is 5.15 Å².